The summed E-state index contributed by atoms with van der Waals surface area (Å²) in [6.07, 6.45) is -1.75. The second kappa shape index (κ2) is 10.1. The number of aromatic nitrogens is 3. The highest BCUT2D eigenvalue weighted by Gasteiger charge is 2.35. The Balaban J connectivity index is 1.77. The minimum atomic E-state index is -4.77. The molecule has 0 bridgehead atoms. The number of fused-ring (bicyclic) bond motifs is 1. The third-order valence-corrected chi connectivity index (χ3v) is 6.59. The number of hydrogen-bond acceptors (Lipinski definition) is 6. The molecule has 1 fully saturated rings. The van der Waals surface area contributed by atoms with E-state index in [1.54, 1.807) is 0 Å². The maximum atomic E-state index is 12.6. The number of imidazole rings is 1. The highest BCUT2D eigenvalue weighted by atomic mass is 19.4. The molecule has 0 spiro atoms. The molecule has 37 heavy (non-hydrogen) atoms. The average Bonchev–Trinajstić information content (AvgIpc) is 3.12. The van der Waals surface area contributed by atoms with Gasteiger partial charge >= 0.3 is 12.3 Å². The number of anilines is 2. The summed E-state index contributed by atoms with van der Waals surface area (Å²) in [4.78, 5) is 20.5. The summed E-state index contributed by atoms with van der Waals surface area (Å²) in [6.45, 7) is 6.70. The van der Waals surface area contributed by atoms with Gasteiger partial charge in [0.25, 0.3) is 0 Å². The lowest BCUT2D eigenvalue weighted by Gasteiger charge is -2.40. The summed E-state index contributed by atoms with van der Waals surface area (Å²) < 4.78 is 49.3. The van der Waals surface area contributed by atoms with Crippen LogP contribution in [0.5, 0.6) is 11.5 Å². The standard InChI is InChI=1S/C26H31F3N4O4/c1-15-11-17(14-25(2,3)13-15)33-20-12-21(36-4)19(9-10-22(34)35)31-23(20)32-24(33)30-16-5-7-18(8-6-16)37-26(27,28)29/h5-8,12,15,17H,9-11,13-14H2,1-4H3,(H,34,35)(H,30,31,32). The van der Waals surface area contributed by atoms with Crippen LogP contribution in [0.25, 0.3) is 11.2 Å². The molecule has 200 valence electrons. The number of halogens is 3. The van der Waals surface area contributed by atoms with Gasteiger partial charge in [-0.2, -0.15) is 4.98 Å². The maximum absolute atomic E-state index is 12.6. The quantitative estimate of drug-likeness (QED) is 0.350. The van der Waals surface area contributed by atoms with E-state index in [2.05, 4.69) is 40.4 Å². The summed E-state index contributed by atoms with van der Waals surface area (Å²) >= 11 is 0. The molecule has 0 aliphatic heterocycles. The van der Waals surface area contributed by atoms with Crippen molar-refractivity contribution in [2.24, 2.45) is 11.3 Å². The lowest BCUT2D eigenvalue weighted by atomic mass is 9.70. The van der Waals surface area contributed by atoms with E-state index in [0.717, 1.165) is 24.8 Å². The molecule has 8 nitrogen and oxygen atoms in total. The molecule has 0 radical (unpaired) electrons. The number of carboxylic acid groups (broad SMARTS) is 1. The Morgan fingerprint density at radius 1 is 1.22 bits per heavy atom. The number of alkyl halides is 3. The summed E-state index contributed by atoms with van der Waals surface area (Å²) in [5.74, 6) is 0.206. The Bertz CT molecular complexity index is 1270. The van der Waals surface area contributed by atoms with Crippen LogP contribution in [-0.2, 0) is 11.2 Å². The van der Waals surface area contributed by atoms with Crippen molar-refractivity contribution in [2.75, 3.05) is 12.4 Å². The number of hydrogen-bond donors (Lipinski definition) is 2. The van der Waals surface area contributed by atoms with Gasteiger partial charge < -0.3 is 24.5 Å². The Kier molecular flexibility index (Phi) is 7.25. The van der Waals surface area contributed by atoms with Gasteiger partial charge in [0.15, 0.2) is 5.65 Å². The molecule has 1 aliphatic rings. The first kappa shape index (κ1) is 26.6. The molecule has 2 atom stereocenters. The monoisotopic (exact) mass is 520 g/mol. The molecule has 4 rings (SSSR count). The van der Waals surface area contributed by atoms with Gasteiger partial charge in [-0.15, -0.1) is 13.2 Å². The SMILES string of the molecule is COc1cc2c(nc1CCC(=O)O)nc(Nc1ccc(OC(F)(F)F)cc1)n2C1CC(C)CC(C)(C)C1. The zero-order valence-corrected chi connectivity index (χ0v) is 21.2. The summed E-state index contributed by atoms with van der Waals surface area (Å²) in [5, 5.41) is 12.4. The van der Waals surface area contributed by atoms with Crippen molar-refractivity contribution >= 4 is 28.8 Å². The fourth-order valence-corrected chi connectivity index (χ4v) is 5.44. The molecule has 1 saturated carbocycles. The number of pyridine rings is 1. The molecule has 2 aromatic heterocycles. The van der Waals surface area contributed by atoms with Crippen LogP contribution in [0.4, 0.5) is 24.8 Å². The summed E-state index contributed by atoms with van der Waals surface area (Å²) in [5.41, 5.74) is 2.32. The summed E-state index contributed by atoms with van der Waals surface area (Å²) in [6, 6.07) is 7.38. The number of aryl methyl sites for hydroxylation is 1. The third-order valence-electron chi connectivity index (χ3n) is 6.59. The van der Waals surface area contributed by atoms with Gasteiger partial charge in [-0.05, 0) is 54.9 Å². The molecule has 3 aromatic rings. The molecule has 11 heteroatoms. The van der Waals surface area contributed by atoms with Crippen molar-refractivity contribution in [1.29, 1.82) is 0 Å². The number of nitrogens with one attached hydrogen (secondary N) is 1. The second-order valence-corrected chi connectivity index (χ2v) is 10.4. The van der Waals surface area contributed by atoms with E-state index >= 15 is 0 Å². The second-order valence-electron chi connectivity index (χ2n) is 10.4. The van der Waals surface area contributed by atoms with Crippen molar-refractivity contribution in [3.05, 3.63) is 36.0 Å². The van der Waals surface area contributed by atoms with E-state index in [1.807, 2.05) is 6.07 Å². The van der Waals surface area contributed by atoms with E-state index < -0.39 is 12.3 Å². The lowest BCUT2D eigenvalue weighted by Crippen LogP contribution is -2.29. The van der Waals surface area contributed by atoms with Gasteiger partial charge in [-0.25, -0.2) is 4.98 Å². The summed E-state index contributed by atoms with van der Waals surface area (Å²) in [7, 11) is 1.52. The number of carbonyl (C=O) groups is 1. The van der Waals surface area contributed by atoms with Gasteiger partial charge in [0.2, 0.25) is 5.95 Å². The first-order valence-electron chi connectivity index (χ1n) is 12.1. The number of methoxy groups -OCH3 is 1. The number of rotatable bonds is 8. The topological polar surface area (TPSA) is 98.5 Å². The van der Waals surface area contributed by atoms with Crippen LogP contribution in [0.3, 0.4) is 0 Å². The molecule has 2 heterocycles. The fourth-order valence-electron chi connectivity index (χ4n) is 5.44. The van der Waals surface area contributed by atoms with E-state index in [4.69, 9.17) is 14.8 Å². The zero-order chi connectivity index (χ0) is 27.0. The first-order chi connectivity index (χ1) is 17.3. The predicted molar refractivity (Wildman–Crippen MR) is 132 cm³/mol. The van der Waals surface area contributed by atoms with Crippen LogP contribution < -0.4 is 14.8 Å². The van der Waals surface area contributed by atoms with Gasteiger partial charge in [0.05, 0.1) is 24.7 Å². The minimum absolute atomic E-state index is 0.0930. The first-order valence-corrected chi connectivity index (χ1v) is 12.1. The maximum Gasteiger partial charge on any atom is 0.573 e. The van der Waals surface area contributed by atoms with Gasteiger partial charge in [0, 0.05) is 24.2 Å². The molecule has 1 aliphatic carbocycles. The highest BCUT2D eigenvalue weighted by Crippen LogP contribution is 2.46. The molecular weight excluding hydrogens is 489 g/mol. The number of benzene rings is 1. The van der Waals surface area contributed by atoms with E-state index in [9.17, 15) is 18.0 Å². The average molecular weight is 521 g/mol. The van der Waals surface area contributed by atoms with Gasteiger partial charge in [0.1, 0.15) is 11.5 Å². The Morgan fingerprint density at radius 3 is 2.51 bits per heavy atom. The van der Waals surface area contributed by atoms with Crippen LogP contribution in [0.15, 0.2) is 30.3 Å². The van der Waals surface area contributed by atoms with E-state index in [-0.39, 0.29) is 30.0 Å². The zero-order valence-electron chi connectivity index (χ0n) is 21.2. The third kappa shape index (κ3) is 6.44. The normalized spacial score (nSPS) is 19.5. The van der Waals surface area contributed by atoms with Gasteiger partial charge in [-0.3, -0.25) is 4.79 Å². The van der Waals surface area contributed by atoms with Crippen molar-refractivity contribution in [3.63, 3.8) is 0 Å². The number of carboxylic acids is 1. The van der Waals surface area contributed by atoms with E-state index in [0.29, 0.717) is 34.6 Å². The van der Waals surface area contributed by atoms with Crippen LogP contribution in [-0.4, -0.2) is 39.1 Å². The smallest absolute Gasteiger partial charge is 0.495 e. The van der Waals surface area contributed by atoms with Crippen molar-refractivity contribution in [1.82, 2.24) is 14.5 Å². The number of ether oxygens (including phenoxy) is 2. The van der Waals surface area contributed by atoms with E-state index in [1.165, 1.54) is 31.4 Å². The van der Waals surface area contributed by atoms with Gasteiger partial charge in [-0.1, -0.05) is 20.8 Å². The largest absolute Gasteiger partial charge is 0.573 e. The Labute approximate surface area is 212 Å². The Morgan fingerprint density at radius 2 is 1.92 bits per heavy atom. The fraction of sp³-hybridized carbons (Fsp3) is 0.500. The van der Waals surface area contributed by atoms with Crippen molar-refractivity contribution in [2.45, 2.75) is 65.3 Å². The van der Waals surface area contributed by atoms with Crippen LogP contribution in [0, 0.1) is 11.3 Å². The number of aliphatic carboxylic acids is 1. The predicted octanol–water partition coefficient (Wildman–Crippen LogP) is 6.49. The molecule has 0 amide bonds. The molecule has 2 unspecified atom stereocenters. The highest BCUT2D eigenvalue weighted by molar-refractivity contribution is 5.79. The Hall–Kier alpha value is -3.50. The van der Waals surface area contributed by atoms with Crippen molar-refractivity contribution in [3.8, 4) is 11.5 Å². The molecule has 2 N–H and O–H groups in total. The minimum Gasteiger partial charge on any atom is -0.495 e. The van der Waals surface area contributed by atoms with Crippen LogP contribution in [0.1, 0.15) is 58.2 Å². The van der Waals surface area contributed by atoms with Crippen LogP contribution in [0.2, 0.25) is 0 Å². The van der Waals surface area contributed by atoms with Crippen LogP contribution >= 0.6 is 0 Å². The molecule has 0 saturated heterocycles. The van der Waals surface area contributed by atoms with Crippen molar-refractivity contribution < 1.29 is 32.5 Å². The number of nitrogens with zero attached hydrogens (tertiary/aromatic N) is 3. The molecular formula is C26H31F3N4O4. The lowest BCUT2D eigenvalue weighted by molar-refractivity contribution is -0.274. The molecule has 1 aromatic carbocycles.